The molecule has 0 unspecified atom stereocenters. The van der Waals surface area contributed by atoms with Gasteiger partial charge in [-0.05, 0) is 43.0 Å². The van der Waals surface area contributed by atoms with E-state index in [2.05, 4.69) is 19.7 Å². The van der Waals surface area contributed by atoms with Gasteiger partial charge in [-0.2, -0.15) is 0 Å². The molecule has 0 saturated carbocycles. The first kappa shape index (κ1) is 23.9. The van der Waals surface area contributed by atoms with Crippen molar-refractivity contribution in [2.75, 3.05) is 6.61 Å². The maximum atomic E-state index is 12.9. The number of aromatic amines is 1. The van der Waals surface area contributed by atoms with Gasteiger partial charge in [0.15, 0.2) is 0 Å². The number of fused-ring (bicyclic) bond motifs is 1. The van der Waals surface area contributed by atoms with E-state index in [-0.39, 0.29) is 29.8 Å². The van der Waals surface area contributed by atoms with E-state index in [1.165, 1.54) is 0 Å². The van der Waals surface area contributed by atoms with Gasteiger partial charge >= 0.3 is 5.97 Å². The predicted molar refractivity (Wildman–Crippen MR) is 123 cm³/mol. The number of imidazole rings is 1. The quantitative estimate of drug-likeness (QED) is 0.450. The van der Waals surface area contributed by atoms with Crippen LogP contribution in [-0.4, -0.2) is 42.0 Å². The zero-order valence-electron chi connectivity index (χ0n) is 18.9. The molecule has 8 nitrogen and oxygen atoms in total. The Kier molecular flexibility index (Phi) is 7.63. The summed E-state index contributed by atoms with van der Waals surface area (Å²) in [6.45, 7) is 7.60. The molecule has 2 aromatic heterocycles. The summed E-state index contributed by atoms with van der Waals surface area (Å²) in [7, 11) is -3.75. The molecule has 3 rings (SSSR count). The molecule has 1 aromatic carbocycles. The number of aryl methyl sites for hydroxylation is 1. The summed E-state index contributed by atoms with van der Waals surface area (Å²) in [5, 5.41) is 0. The van der Waals surface area contributed by atoms with Crippen molar-refractivity contribution in [3.63, 3.8) is 0 Å². The number of ether oxygens (including phenoxy) is 1. The van der Waals surface area contributed by atoms with E-state index in [9.17, 15) is 13.2 Å². The smallest absolute Gasteiger partial charge is 0.305 e. The molecule has 2 N–H and O–H groups in total. The third-order valence-electron chi connectivity index (χ3n) is 5.01. The molecule has 0 amide bonds. The van der Waals surface area contributed by atoms with Crippen molar-refractivity contribution < 1.29 is 17.9 Å². The lowest BCUT2D eigenvalue weighted by Gasteiger charge is -2.20. The number of nitrogens with one attached hydrogen (secondary N) is 2. The third-order valence-corrected chi connectivity index (χ3v) is 6.55. The van der Waals surface area contributed by atoms with Crippen LogP contribution in [0.15, 0.2) is 41.4 Å². The fraction of sp³-hybridized carbons (Fsp3) is 0.435. The maximum Gasteiger partial charge on any atom is 0.305 e. The summed E-state index contributed by atoms with van der Waals surface area (Å²) in [5.41, 5.74) is 3.51. The number of benzene rings is 1. The lowest BCUT2D eigenvalue weighted by atomic mass is 10.1. The summed E-state index contributed by atoms with van der Waals surface area (Å²) in [6, 6.07) is 8.12. The topological polar surface area (TPSA) is 114 Å². The van der Waals surface area contributed by atoms with Gasteiger partial charge in [0.05, 0.1) is 22.1 Å². The van der Waals surface area contributed by atoms with Crippen LogP contribution in [0.2, 0.25) is 0 Å². The second-order valence-electron chi connectivity index (χ2n) is 8.28. The van der Waals surface area contributed by atoms with Crippen molar-refractivity contribution in [2.24, 2.45) is 5.92 Å². The van der Waals surface area contributed by atoms with Crippen LogP contribution in [0.4, 0.5) is 0 Å². The first-order valence-corrected chi connectivity index (χ1v) is 12.2. The number of rotatable bonds is 10. The van der Waals surface area contributed by atoms with Gasteiger partial charge in [-0.25, -0.2) is 18.1 Å². The van der Waals surface area contributed by atoms with Crippen molar-refractivity contribution in [1.82, 2.24) is 19.7 Å². The van der Waals surface area contributed by atoms with Crippen molar-refractivity contribution in [2.45, 2.75) is 57.9 Å². The zero-order chi connectivity index (χ0) is 23.3. The highest BCUT2D eigenvalue weighted by atomic mass is 32.2. The molecule has 0 aliphatic rings. The predicted octanol–water partition coefficient (Wildman–Crippen LogP) is 3.50. The molecule has 0 saturated heterocycles. The molecule has 0 fully saturated rings. The lowest BCUT2D eigenvalue weighted by molar-refractivity contribution is -0.144. The molecule has 32 heavy (non-hydrogen) atoms. The average molecular weight is 459 g/mol. The van der Waals surface area contributed by atoms with Crippen LogP contribution in [0, 0.1) is 12.8 Å². The Bertz CT molecular complexity index is 1170. The van der Waals surface area contributed by atoms with Gasteiger partial charge in [-0.3, -0.25) is 9.78 Å². The van der Waals surface area contributed by atoms with E-state index >= 15 is 0 Å². The molecule has 0 bridgehead atoms. The second kappa shape index (κ2) is 10.2. The number of nitrogens with zero attached hydrogens (tertiary/aromatic N) is 2. The van der Waals surface area contributed by atoms with Crippen LogP contribution in [0.1, 0.15) is 50.7 Å². The molecule has 0 aliphatic carbocycles. The Morgan fingerprint density at radius 2 is 1.91 bits per heavy atom. The molecular formula is C23H30N4O4S. The average Bonchev–Trinajstić information content (AvgIpc) is 3.13. The highest BCUT2D eigenvalue weighted by Gasteiger charge is 2.22. The number of carbonyl (C=O) groups is 1. The summed E-state index contributed by atoms with van der Waals surface area (Å²) in [4.78, 5) is 23.8. The van der Waals surface area contributed by atoms with Crippen LogP contribution in [0.5, 0.6) is 0 Å². The van der Waals surface area contributed by atoms with Crippen molar-refractivity contribution in [3.8, 4) is 0 Å². The van der Waals surface area contributed by atoms with Gasteiger partial charge in [0.2, 0.25) is 10.0 Å². The SMILES string of the molecule is CCC(=O)OC[C@H](CC(C)C)NS(=O)(=O)c1ccc(Cc2nccc3[nH]c(C)nc23)cc1. The molecular weight excluding hydrogens is 428 g/mol. The molecule has 172 valence electrons. The van der Waals surface area contributed by atoms with E-state index in [1.807, 2.05) is 26.8 Å². The highest BCUT2D eigenvalue weighted by molar-refractivity contribution is 7.89. The summed E-state index contributed by atoms with van der Waals surface area (Å²) in [5.74, 6) is 0.715. The molecule has 1 atom stereocenters. The Morgan fingerprint density at radius 3 is 2.56 bits per heavy atom. The third kappa shape index (κ3) is 6.14. The van der Waals surface area contributed by atoms with Gasteiger partial charge in [0, 0.05) is 19.0 Å². The number of aromatic nitrogens is 3. The molecule has 3 aromatic rings. The van der Waals surface area contributed by atoms with Crippen LogP contribution in [-0.2, 0) is 26.0 Å². The van der Waals surface area contributed by atoms with Gasteiger partial charge in [0.1, 0.15) is 17.9 Å². The molecule has 0 spiro atoms. The van der Waals surface area contributed by atoms with Crippen LogP contribution in [0.25, 0.3) is 11.0 Å². The Labute approximate surface area is 188 Å². The zero-order valence-corrected chi connectivity index (χ0v) is 19.7. The number of carbonyl (C=O) groups excluding carboxylic acids is 1. The summed E-state index contributed by atoms with van der Waals surface area (Å²) >= 11 is 0. The lowest BCUT2D eigenvalue weighted by Crippen LogP contribution is -2.39. The van der Waals surface area contributed by atoms with E-state index in [0.717, 1.165) is 28.1 Å². The summed E-state index contributed by atoms with van der Waals surface area (Å²) in [6.07, 6.45) is 3.09. The summed E-state index contributed by atoms with van der Waals surface area (Å²) < 4.78 is 33.7. The normalized spacial score (nSPS) is 12.9. The minimum absolute atomic E-state index is 0.0148. The fourth-order valence-corrected chi connectivity index (χ4v) is 4.76. The maximum absolute atomic E-state index is 12.9. The van der Waals surface area contributed by atoms with Crippen molar-refractivity contribution in [3.05, 3.63) is 53.6 Å². The fourth-order valence-electron chi connectivity index (χ4n) is 3.52. The number of esters is 1. The molecule has 0 aliphatic heterocycles. The van der Waals surface area contributed by atoms with E-state index in [0.29, 0.717) is 12.8 Å². The Balaban J connectivity index is 1.73. The van der Waals surface area contributed by atoms with Gasteiger partial charge < -0.3 is 9.72 Å². The second-order valence-corrected chi connectivity index (χ2v) is 10.00. The number of sulfonamides is 1. The van der Waals surface area contributed by atoms with E-state index < -0.39 is 16.1 Å². The van der Waals surface area contributed by atoms with Gasteiger partial charge in [-0.15, -0.1) is 0 Å². The standard InChI is InChI=1S/C23H30N4O4S/c1-5-22(28)31-14-18(12-15(2)3)27-32(29,30)19-8-6-17(7-9-19)13-21-23-20(10-11-24-21)25-16(4)26-23/h6-11,15,18,27H,5,12-14H2,1-4H3,(H,25,26)/t18-/m0/s1. The van der Waals surface area contributed by atoms with Crippen molar-refractivity contribution in [1.29, 1.82) is 0 Å². The number of hydrogen-bond donors (Lipinski definition) is 2. The first-order chi connectivity index (χ1) is 15.2. The highest BCUT2D eigenvalue weighted by Crippen LogP contribution is 2.19. The van der Waals surface area contributed by atoms with Crippen LogP contribution in [0.3, 0.4) is 0 Å². The Morgan fingerprint density at radius 1 is 1.19 bits per heavy atom. The molecule has 9 heteroatoms. The molecule has 0 radical (unpaired) electrons. The molecule has 2 heterocycles. The number of H-pyrrole nitrogens is 1. The number of hydrogen-bond acceptors (Lipinski definition) is 6. The largest absolute Gasteiger partial charge is 0.464 e. The minimum Gasteiger partial charge on any atom is -0.464 e. The monoisotopic (exact) mass is 458 g/mol. The number of pyridine rings is 1. The van der Waals surface area contributed by atoms with Crippen molar-refractivity contribution >= 4 is 27.0 Å². The van der Waals surface area contributed by atoms with Crippen LogP contribution >= 0.6 is 0 Å². The minimum atomic E-state index is -3.75. The van der Waals surface area contributed by atoms with Gasteiger partial charge in [-0.1, -0.05) is 32.9 Å². The van der Waals surface area contributed by atoms with E-state index in [4.69, 9.17) is 4.74 Å². The van der Waals surface area contributed by atoms with Crippen LogP contribution < -0.4 is 4.72 Å². The Hall–Kier alpha value is -2.78. The van der Waals surface area contributed by atoms with Gasteiger partial charge in [0.25, 0.3) is 0 Å². The van der Waals surface area contributed by atoms with E-state index in [1.54, 1.807) is 37.4 Å². The first-order valence-electron chi connectivity index (χ1n) is 10.7.